The Morgan fingerprint density at radius 1 is 1.12 bits per heavy atom. The van der Waals surface area contributed by atoms with Crippen molar-refractivity contribution < 1.29 is 14.3 Å². The van der Waals surface area contributed by atoms with Crippen LogP contribution in [0, 0.1) is 13.8 Å². The molecule has 7 nitrogen and oxygen atoms in total. The number of amides is 1. The van der Waals surface area contributed by atoms with Crippen LogP contribution in [0.4, 0.5) is 5.13 Å². The normalized spacial score (nSPS) is 11.3. The number of rotatable bonds is 8. The van der Waals surface area contributed by atoms with Gasteiger partial charge in [0.15, 0.2) is 16.6 Å². The Hall–Kier alpha value is -3.39. The van der Waals surface area contributed by atoms with Crippen LogP contribution in [-0.4, -0.2) is 41.4 Å². The first-order valence-electron chi connectivity index (χ1n) is 11.3. The van der Waals surface area contributed by atoms with Crippen LogP contribution in [0.3, 0.4) is 0 Å². The smallest absolute Gasteiger partial charge is 0.264 e. The highest BCUT2D eigenvalue weighted by molar-refractivity contribution is 7.22. The minimum absolute atomic E-state index is 0.192. The summed E-state index contributed by atoms with van der Waals surface area (Å²) in [6.07, 6.45) is 0. The number of ether oxygens (including phenoxy) is 2. The summed E-state index contributed by atoms with van der Waals surface area (Å²) in [5.41, 5.74) is 4.55. The number of nitrogens with zero attached hydrogens (tertiary/aromatic N) is 4. The standard InChI is InChI=1S/C26H30N4O3S/c1-16(2)19-9-8-12-22-23(19)27-26(34-22)29(13-14-30-18(4)15-17(3)28-30)25(31)20-10-7-11-21(32-5)24(20)33-6/h7-12,15-16H,13-14H2,1-6H3. The molecule has 0 N–H and O–H groups in total. The van der Waals surface area contributed by atoms with E-state index in [-0.39, 0.29) is 5.91 Å². The van der Waals surface area contributed by atoms with Crippen LogP contribution in [0.2, 0.25) is 0 Å². The number of benzene rings is 2. The van der Waals surface area contributed by atoms with E-state index in [0.29, 0.717) is 41.2 Å². The molecule has 0 saturated carbocycles. The van der Waals surface area contributed by atoms with E-state index in [1.807, 2.05) is 30.7 Å². The van der Waals surface area contributed by atoms with E-state index < -0.39 is 0 Å². The Bertz CT molecular complexity index is 1330. The van der Waals surface area contributed by atoms with E-state index in [1.165, 1.54) is 16.9 Å². The lowest BCUT2D eigenvalue weighted by Crippen LogP contribution is -2.34. The Balaban J connectivity index is 1.79. The molecular weight excluding hydrogens is 448 g/mol. The van der Waals surface area contributed by atoms with E-state index in [0.717, 1.165) is 21.6 Å². The van der Waals surface area contributed by atoms with Crippen LogP contribution < -0.4 is 14.4 Å². The molecule has 2 aromatic carbocycles. The highest BCUT2D eigenvalue weighted by Gasteiger charge is 2.26. The van der Waals surface area contributed by atoms with Crippen molar-refractivity contribution in [3.05, 3.63) is 65.0 Å². The van der Waals surface area contributed by atoms with Gasteiger partial charge in [0, 0.05) is 12.2 Å². The van der Waals surface area contributed by atoms with E-state index in [1.54, 1.807) is 37.3 Å². The number of para-hydroxylation sites is 2. The van der Waals surface area contributed by atoms with Crippen LogP contribution in [0.1, 0.15) is 47.1 Å². The summed E-state index contributed by atoms with van der Waals surface area (Å²) in [6.45, 7) is 9.25. The molecule has 0 fully saturated rings. The molecule has 178 valence electrons. The van der Waals surface area contributed by atoms with Crippen molar-refractivity contribution in [1.29, 1.82) is 0 Å². The van der Waals surface area contributed by atoms with Gasteiger partial charge in [-0.1, -0.05) is 43.4 Å². The predicted octanol–water partition coefficient (Wildman–Crippen LogP) is 5.60. The van der Waals surface area contributed by atoms with Gasteiger partial charge in [-0.25, -0.2) is 4.98 Å². The van der Waals surface area contributed by atoms with Gasteiger partial charge in [0.05, 0.1) is 42.2 Å². The number of hydrogen-bond acceptors (Lipinski definition) is 6. The number of anilines is 1. The summed E-state index contributed by atoms with van der Waals surface area (Å²) >= 11 is 1.52. The first kappa shape index (κ1) is 23.8. The highest BCUT2D eigenvalue weighted by atomic mass is 32.1. The molecule has 0 atom stereocenters. The Morgan fingerprint density at radius 2 is 1.88 bits per heavy atom. The van der Waals surface area contributed by atoms with E-state index in [4.69, 9.17) is 14.5 Å². The second kappa shape index (κ2) is 9.85. The maximum absolute atomic E-state index is 13.9. The van der Waals surface area contributed by atoms with Crippen molar-refractivity contribution in [3.63, 3.8) is 0 Å². The minimum atomic E-state index is -0.192. The summed E-state index contributed by atoms with van der Waals surface area (Å²) in [7, 11) is 3.11. The monoisotopic (exact) mass is 478 g/mol. The van der Waals surface area contributed by atoms with Gasteiger partial charge in [-0.15, -0.1) is 0 Å². The molecule has 0 spiro atoms. The van der Waals surface area contributed by atoms with Crippen LogP contribution in [-0.2, 0) is 6.54 Å². The minimum Gasteiger partial charge on any atom is -0.493 e. The lowest BCUT2D eigenvalue weighted by atomic mass is 10.0. The van der Waals surface area contributed by atoms with E-state index in [9.17, 15) is 4.79 Å². The van der Waals surface area contributed by atoms with Crippen molar-refractivity contribution in [2.24, 2.45) is 0 Å². The number of hydrogen-bond donors (Lipinski definition) is 0. The number of carbonyl (C=O) groups excluding carboxylic acids is 1. The van der Waals surface area contributed by atoms with Crippen molar-refractivity contribution >= 4 is 32.6 Å². The van der Waals surface area contributed by atoms with Gasteiger partial charge >= 0.3 is 0 Å². The summed E-state index contributed by atoms with van der Waals surface area (Å²) < 4.78 is 14.0. The Morgan fingerprint density at radius 3 is 2.53 bits per heavy atom. The van der Waals surface area contributed by atoms with Gasteiger partial charge in [-0.3, -0.25) is 14.4 Å². The lowest BCUT2D eigenvalue weighted by molar-refractivity contribution is 0.0982. The fourth-order valence-electron chi connectivity index (χ4n) is 4.12. The SMILES string of the molecule is COc1cccc(C(=O)N(CCn2nc(C)cc2C)c2nc3c(C(C)C)cccc3s2)c1OC. The molecule has 4 aromatic rings. The molecule has 4 rings (SSSR count). The number of thiazole rings is 1. The lowest BCUT2D eigenvalue weighted by Gasteiger charge is -2.22. The van der Waals surface area contributed by atoms with Gasteiger partial charge in [0.25, 0.3) is 5.91 Å². The maximum atomic E-state index is 13.9. The molecule has 0 aliphatic heterocycles. The van der Waals surface area contributed by atoms with Gasteiger partial charge in [0.1, 0.15) is 0 Å². The maximum Gasteiger partial charge on any atom is 0.264 e. The molecule has 2 aromatic heterocycles. The molecule has 0 radical (unpaired) electrons. The molecule has 1 amide bonds. The molecule has 8 heteroatoms. The summed E-state index contributed by atoms with van der Waals surface area (Å²) in [5.74, 6) is 1.06. The van der Waals surface area contributed by atoms with Crippen molar-refractivity contribution in [1.82, 2.24) is 14.8 Å². The van der Waals surface area contributed by atoms with Gasteiger partial charge in [-0.05, 0) is 49.6 Å². The van der Waals surface area contributed by atoms with Crippen molar-refractivity contribution in [2.75, 3.05) is 25.7 Å². The summed E-state index contributed by atoms with van der Waals surface area (Å²) in [4.78, 5) is 20.6. The topological polar surface area (TPSA) is 69.5 Å². The number of methoxy groups -OCH3 is 2. The molecular formula is C26H30N4O3S. The molecule has 0 unspecified atom stereocenters. The van der Waals surface area contributed by atoms with Crippen molar-refractivity contribution in [3.8, 4) is 11.5 Å². The first-order chi connectivity index (χ1) is 16.3. The third-order valence-corrected chi connectivity index (χ3v) is 6.85. The quantitative estimate of drug-likeness (QED) is 0.330. The zero-order valence-corrected chi connectivity index (χ0v) is 21.3. The zero-order chi connectivity index (χ0) is 24.4. The zero-order valence-electron chi connectivity index (χ0n) is 20.5. The average Bonchev–Trinajstić information content (AvgIpc) is 3.40. The second-order valence-electron chi connectivity index (χ2n) is 8.49. The molecule has 34 heavy (non-hydrogen) atoms. The molecule has 2 heterocycles. The van der Waals surface area contributed by atoms with Crippen LogP contribution in [0.15, 0.2) is 42.5 Å². The Kier molecular flexibility index (Phi) is 6.88. The third kappa shape index (κ3) is 4.50. The number of carbonyl (C=O) groups is 1. The van der Waals surface area contributed by atoms with Crippen LogP contribution in [0.25, 0.3) is 10.2 Å². The van der Waals surface area contributed by atoms with Crippen LogP contribution in [0.5, 0.6) is 11.5 Å². The molecule has 0 saturated heterocycles. The Labute approximate surface area is 203 Å². The van der Waals surface area contributed by atoms with Gasteiger partial charge in [-0.2, -0.15) is 5.10 Å². The largest absolute Gasteiger partial charge is 0.493 e. The fraction of sp³-hybridized carbons (Fsp3) is 0.346. The van der Waals surface area contributed by atoms with Crippen LogP contribution >= 0.6 is 11.3 Å². The second-order valence-corrected chi connectivity index (χ2v) is 9.50. The average molecular weight is 479 g/mol. The highest BCUT2D eigenvalue weighted by Crippen LogP contribution is 2.36. The first-order valence-corrected chi connectivity index (χ1v) is 12.1. The van der Waals surface area contributed by atoms with Crippen molar-refractivity contribution in [2.45, 2.75) is 40.2 Å². The van der Waals surface area contributed by atoms with E-state index in [2.05, 4.69) is 31.1 Å². The molecule has 0 aliphatic carbocycles. The fourth-order valence-corrected chi connectivity index (χ4v) is 5.15. The molecule has 0 aliphatic rings. The predicted molar refractivity (Wildman–Crippen MR) is 137 cm³/mol. The van der Waals surface area contributed by atoms with E-state index >= 15 is 0 Å². The summed E-state index contributed by atoms with van der Waals surface area (Å²) in [6, 6.07) is 13.6. The third-order valence-electron chi connectivity index (χ3n) is 5.81. The number of fused-ring (bicyclic) bond motifs is 1. The number of aromatic nitrogens is 3. The number of aryl methyl sites for hydroxylation is 2. The van der Waals surface area contributed by atoms with Gasteiger partial charge < -0.3 is 9.47 Å². The van der Waals surface area contributed by atoms with Gasteiger partial charge in [0.2, 0.25) is 0 Å². The summed E-state index contributed by atoms with van der Waals surface area (Å²) in [5, 5.41) is 5.22. The molecule has 0 bridgehead atoms.